The normalized spacial score (nSPS) is 18.3. The molecule has 1 saturated heterocycles. The van der Waals surface area contributed by atoms with Gasteiger partial charge in [0.1, 0.15) is 5.82 Å². The number of urea groups is 1. The summed E-state index contributed by atoms with van der Waals surface area (Å²) in [6.45, 7) is 1.53. The van der Waals surface area contributed by atoms with Crippen molar-refractivity contribution in [2.24, 2.45) is 7.05 Å². The number of halogens is 3. The highest BCUT2D eigenvalue weighted by Gasteiger charge is 2.31. The molecule has 2 amide bonds. The molecule has 1 aromatic carbocycles. The van der Waals surface area contributed by atoms with Crippen LogP contribution in [0.25, 0.3) is 11.0 Å². The van der Waals surface area contributed by atoms with E-state index in [2.05, 4.69) is 15.2 Å². The summed E-state index contributed by atoms with van der Waals surface area (Å²) in [6, 6.07) is 3.64. The number of hydrogen-bond acceptors (Lipinski definition) is 3. The first kappa shape index (κ1) is 19.5. The number of nitrogens with one attached hydrogen (secondary N) is 1. The van der Waals surface area contributed by atoms with E-state index in [0.717, 1.165) is 25.0 Å². The van der Waals surface area contributed by atoms with Crippen molar-refractivity contribution in [3.05, 3.63) is 29.6 Å². The number of amides is 2. The van der Waals surface area contributed by atoms with Gasteiger partial charge in [-0.1, -0.05) is 0 Å². The minimum Gasteiger partial charge on any atom is -0.331 e. The SMILES string of the molecule is CN(C)C1CCCN(C(=O)NCc2nc3cc(C(F)(F)F)ccc3n2C)C1. The number of carbonyl (C=O) groups excluding carboxylic acids is 1. The lowest BCUT2D eigenvalue weighted by Crippen LogP contribution is -2.50. The molecule has 148 valence electrons. The van der Waals surface area contributed by atoms with E-state index in [-0.39, 0.29) is 18.1 Å². The van der Waals surface area contributed by atoms with Gasteiger partial charge in [-0.25, -0.2) is 9.78 Å². The number of aromatic nitrogens is 2. The molecule has 1 unspecified atom stereocenters. The second kappa shape index (κ2) is 7.38. The molecule has 0 radical (unpaired) electrons. The number of likely N-dealkylation sites (N-methyl/N-ethyl adjacent to an activating group) is 1. The number of nitrogens with zero attached hydrogens (tertiary/aromatic N) is 4. The predicted molar refractivity (Wildman–Crippen MR) is 96.2 cm³/mol. The van der Waals surface area contributed by atoms with Crippen LogP contribution in [0.15, 0.2) is 18.2 Å². The summed E-state index contributed by atoms with van der Waals surface area (Å²) in [5.41, 5.74) is 0.131. The molecule has 2 aromatic rings. The lowest BCUT2D eigenvalue weighted by Gasteiger charge is -2.36. The van der Waals surface area contributed by atoms with E-state index in [9.17, 15) is 18.0 Å². The van der Waals surface area contributed by atoms with Crippen LogP contribution in [0, 0.1) is 0 Å². The van der Waals surface area contributed by atoms with Crippen molar-refractivity contribution in [3.8, 4) is 0 Å². The summed E-state index contributed by atoms with van der Waals surface area (Å²) < 4.78 is 40.3. The molecule has 0 bridgehead atoms. The molecule has 0 spiro atoms. The van der Waals surface area contributed by atoms with Crippen molar-refractivity contribution in [2.45, 2.75) is 31.6 Å². The Morgan fingerprint density at radius 3 is 2.78 bits per heavy atom. The van der Waals surface area contributed by atoms with Gasteiger partial charge in [-0.15, -0.1) is 0 Å². The molecule has 1 N–H and O–H groups in total. The highest BCUT2D eigenvalue weighted by molar-refractivity contribution is 5.77. The Morgan fingerprint density at radius 2 is 2.11 bits per heavy atom. The van der Waals surface area contributed by atoms with Crippen molar-refractivity contribution >= 4 is 17.1 Å². The fraction of sp³-hybridized carbons (Fsp3) is 0.556. The number of alkyl halides is 3. The number of aryl methyl sites for hydroxylation is 1. The van der Waals surface area contributed by atoms with Crippen LogP contribution in [0.5, 0.6) is 0 Å². The van der Waals surface area contributed by atoms with Crippen molar-refractivity contribution in [2.75, 3.05) is 27.2 Å². The van der Waals surface area contributed by atoms with Gasteiger partial charge >= 0.3 is 12.2 Å². The molecule has 0 aliphatic carbocycles. The molecular formula is C18H24F3N5O. The Labute approximate surface area is 155 Å². The zero-order valence-corrected chi connectivity index (χ0v) is 15.7. The van der Waals surface area contributed by atoms with Gasteiger partial charge in [0.15, 0.2) is 0 Å². The smallest absolute Gasteiger partial charge is 0.331 e. The number of fused-ring (bicyclic) bond motifs is 1. The number of likely N-dealkylation sites (tertiary alicyclic amines) is 1. The van der Waals surface area contributed by atoms with E-state index in [4.69, 9.17) is 0 Å². The Hall–Kier alpha value is -2.29. The van der Waals surface area contributed by atoms with Gasteiger partial charge in [0.25, 0.3) is 0 Å². The first-order valence-electron chi connectivity index (χ1n) is 8.88. The molecule has 3 rings (SSSR count). The summed E-state index contributed by atoms with van der Waals surface area (Å²) in [5.74, 6) is 0.513. The summed E-state index contributed by atoms with van der Waals surface area (Å²) in [7, 11) is 5.73. The van der Waals surface area contributed by atoms with Gasteiger partial charge in [-0.3, -0.25) is 0 Å². The van der Waals surface area contributed by atoms with Crippen molar-refractivity contribution in [1.82, 2.24) is 24.7 Å². The van der Waals surface area contributed by atoms with Crippen molar-refractivity contribution in [3.63, 3.8) is 0 Å². The highest BCUT2D eigenvalue weighted by atomic mass is 19.4. The largest absolute Gasteiger partial charge is 0.416 e. The first-order valence-corrected chi connectivity index (χ1v) is 8.88. The topological polar surface area (TPSA) is 53.4 Å². The van der Waals surface area contributed by atoms with Gasteiger partial charge in [-0.05, 0) is 45.1 Å². The van der Waals surface area contributed by atoms with E-state index >= 15 is 0 Å². The number of rotatable bonds is 3. The van der Waals surface area contributed by atoms with Crippen LogP contribution in [0.3, 0.4) is 0 Å². The van der Waals surface area contributed by atoms with Crippen LogP contribution >= 0.6 is 0 Å². The highest BCUT2D eigenvalue weighted by Crippen LogP contribution is 2.31. The fourth-order valence-electron chi connectivity index (χ4n) is 3.41. The molecule has 27 heavy (non-hydrogen) atoms. The molecule has 2 heterocycles. The molecule has 1 aromatic heterocycles. The predicted octanol–water partition coefficient (Wildman–Crippen LogP) is 2.83. The second-order valence-electron chi connectivity index (χ2n) is 7.15. The molecular weight excluding hydrogens is 359 g/mol. The van der Waals surface area contributed by atoms with Gasteiger partial charge in [-0.2, -0.15) is 13.2 Å². The molecule has 1 atom stereocenters. The maximum absolute atomic E-state index is 12.9. The van der Waals surface area contributed by atoms with Crippen LogP contribution in [0.1, 0.15) is 24.2 Å². The van der Waals surface area contributed by atoms with Crippen LogP contribution in [0.2, 0.25) is 0 Å². The van der Waals surface area contributed by atoms with Crippen LogP contribution in [-0.4, -0.2) is 58.6 Å². The van der Waals surface area contributed by atoms with Gasteiger partial charge in [0, 0.05) is 26.2 Å². The molecule has 1 fully saturated rings. The van der Waals surface area contributed by atoms with Crippen LogP contribution in [0.4, 0.5) is 18.0 Å². The molecule has 9 heteroatoms. The van der Waals surface area contributed by atoms with Gasteiger partial charge < -0.3 is 19.7 Å². The summed E-state index contributed by atoms with van der Waals surface area (Å²) in [5, 5.41) is 2.84. The Balaban J connectivity index is 1.69. The third-order valence-electron chi connectivity index (χ3n) is 5.11. The standard InChI is InChI=1S/C18H24F3N5O/c1-24(2)13-5-4-8-26(11-13)17(27)22-10-16-23-14-9-12(18(19,20)21)6-7-15(14)25(16)3/h6-7,9,13H,4-5,8,10-11H2,1-3H3,(H,22,27). The Bertz CT molecular complexity index is 830. The van der Waals surface area contributed by atoms with Crippen molar-refractivity contribution in [1.29, 1.82) is 0 Å². The first-order chi connectivity index (χ1) is 12.7. The number of imidazole rings is 1. The molecule has 6 nitrogen and oxygen atoms in total. The Kier molecular flexibility index (Phi) is 5.32. The van der Waals surface area contributed by atoms with Crippen LogP contribution in [-0.2, 0) is 19.8 Å². The van der Waals surface area contributed by atoms with Crippen LogP contribution < -0.4 is 5.32 Å². The fourth-order valence-corrected chi connectivity index (χ4v) is 3.41. The molecule has 1 aliphatic rings. The number of hydrogen-bond donors (Lipinski definition) is 1. The van der Waals surface area contributed by atoms with E-state index in [1.165, 1.54) is 6.07 Å². The van der Waals surface area contributed by atoms with E-state index < -0.39 is 11.7 Å². The minimum atomic E-state index is -4.41. The van der Waals surface area contributed by atoms with E-state index in [1.807, 2.05) is 14.1 Å². The van der Waals surface area contributed by atoms with Gasteiger partial charge in [0.05, 0.1) is 23.1 Å². The zero-order valence-electron chi connectivity index (χ0n) is 15.7. The monoisotopic (exact) mass is 383 g/mol. The lowest BCUT2D eigenvalue weighted by atomic mass is 10.1. The summed E-state index contributed by atoms with van der Waals surface area (Å²) in [6.07, 6.45) is -2.40. The molecule has 0 saturated carbocycles. The average molecular weight is 383 g/mol. The van der Waals surface area contributed by atoms with Crippen molar-refractivity contribution < 1.29 is 18.0 Å². The third-order valence-corrected chi connectivity index (χ3v) is 5.11. The van der Waals surface area contributed by atoms with E-state index in [1.54, 1.807) is 16.5 Å². The quantitative estimate of drug-likeness (QED) is 0.887. The number of piperidine rings is 1. The Morgan fingerprint density at radius 1 is 1.37 bits per heavy atom. The number of carbonyl (C=O) groups is 1. The third kappa shape index (κ3) is 4.18. The maximum atomic E-state index is 12.9. The van der Waals surface area contributed by atoms with Gasteiger partial charge in [0.2, 0.25) is 0 Å². The summed E-state index contributed by atoms with van der Waals surface area (Å²) in [4.78, 5) is 20.6. The lowest BCUT2D eigenvalue weighted by molar-refractivity contribution is -0.137. The molecule has 1 aliphatic heterocycles. The maximum Gasteiger partial charge on any atom is 0.416 e. The number of benzene rings is 1. The minimum absolute atomic E-state index is 0.161. The summed E-state index contributed by atoms with van der Waals surface area (Å²) >= 11 is 0. The van der Waals surface area contributed by atoms with E-state index in [0.29, 0.717) is 30.5 Å². The zero-order chi connectivity index (χ0) is 19.8. The average Bonchev–Trinajstić information content (AvgIpc) is 2.94. The second-order valence-corrected chi connectivity index (χ2v) is 7.15.